The third-order valence-corrected chi connectivity index (χ3v) is 9.72. The van der Waals surface area contributed by atoms with E-state index in [0.717, 1.165) is 0 Å². The van der Waals surface area contributed by atoms with Gasteiger partial charge in [0.2, 0.25) is 11.0 Å². The Balaban J connectivity index is 2.25. The van der Waals surface area contributed by atoms with Crippen LogP contribution in [0.4, 0.5) is 11.4 Å². The summed E-state index contributed by atoms with van der Waals surface area (Å²) in [5, 5.41) is 2.82. The molecular weight excluding hydrogens is 412 g/mol. The molecule has 0 N–H and O–H groups in total. The second kappa shape index (κ2) is 7.07. The van der Waals surface area contributed by atoms with Crippen LogP contribution in [-0.4, -0.2) is 7.05 Å². The molecule has 0 saturated carbocycles. The van der Waals surface area contributed by atoms with Crippen molar-refractivity contribution in [2.45, 2.75) is 76.2 Å². The summed E-state index contributed by atoms with van der Waals surface area (Å²) in [4.78, 5) is 2.52. The molecule has 0 bridgehead atoms. The van der Waals surface area contributed by atoms with E-state index in [1.165, 1.54) is 106 Å². The summed E-state index contributed by atoms with van der Waals surface area (Å²) in [7, 11) is 4.58. The van der Waals surface area contributed by atoms with Gasteiger partial charge in [0.05, 0.1) is 22.1 Å². The summed E-state index contributed by atoms with van der Waals surface area (Å²) >= 11 is 0. The van der Waals surface area contributed by atoms with Gasteiger partial charge in [0.1, 0.15) is 7.05 Å². The molecule has 2 nitrogen and oxygen atoms in total. The highest BCUT2D eigenvalue weighted by Crippen LogP contribution is 2.55. The first-order valence-electron chi connectivity index (χ1n) is 12.5. The molecule has 0 fully saturated rings. The van der Waals surface area contributed by atoms with Crippen LogP contribution in [0.15, 0.2) is 0 Å². The van der Waals surface area contributed by atoms with Gasteiger partial charge in [0, 0.05) is 29.3 Å². The SMILES string of the molecule is Cc1c(C)c(C)c2c(c1C)-c1c(C)c(C)c(C)c3c1c(c1c(C)c(C)c(C)c(C)c1[n+]3C)N2C. The summed E-state index contributed by atoms with van der Waals surface area (Å²) in [6.07, 6.45) is 0. The van der Waals surface area contributed by atoms with E-state index in [4.69, 9.17) is 0 Å². The maximum Gasteiger partial charge on any atom is 0.218 e. The molecule has 3 aromatic carbocycles. The highest BCUT2D eigenvalue weighted by atomic mass is 15.1. The lowest BCUT2D eigenvalue weighted by Gasteiger charge is -2.36. The molecule has 0 aliphatic carbocycles. The zero-order valence-corrected chi connectivity index (χ0v) is 23.4. The average molecular weight is 452 g/mol. The van der Waals surface area contributed by atoms with Crippen molar-refractivity contribution in [2.75, 3.05) is 11.9 Å². The van der Waals surface area contributed by atoms with Crippen molar-refractivity contribution in [1.29, 1.82) is 0 Å². The largest absolute Gasteiger partial charge is 0.342 e. The smallest absolute Gasteiger partial charge is 0.218 e. The maximum absolute atomic E-state index is 2.52. The van der Waals surface area contributed by atoms with Crippen LogP contribution >= 0.6 is 0 Å². The number of anilines is 2. The van der Waals surface area contributed by atoms with Crippen LogP contribution in [0.1, 0.15) is 61.2 Å². The molecule has 0 unspecified atom stereocenters. The van der Waals surface area contributed by atoms with E-state index >= 15 is 0 Å². The van der Waals surface area contributed by atoms with Crippen LogP contribution in [0.25, 0.3) is 32.9 Å². The lowest BCUT2D eigenvalue weighted by atomic mass is 9.79. The van der Waals surface area contributed by atoms with E-state index in [1.807, 2.05) is 0 Å². The van der Waals surface area contributed by atoms with Crippen LogP contribution in [-0.2, 0) is 7.05 Å². The predicted octanol–water partition coefficient (Wildman–Crippen LogP) is 7.96. The zero-order valence-electron chi connectivity index (χ0n) is 23.4. The van der Waals surface area contributed by atoms with Gasteiger partial charge in [-0.15, -0.1) is 0 Å². The third kappa shape index (κ3) is 2.44. The van der Waals surface area contributed by atoms with Crippen molar-refractivity contribution in [3.63, 3.8) is 0 Å². The van der Waals surface area contributed by atoms with E-state index in [0.29, 0.717) is 0 Å². The van der Waals surface area contributed by atoms with Crippen molar-refractivity contribution in [3.05, 3.63) is 61.2 Å². The molecular formula is C32H39N2+. The monoisotopic (exact) mass is 451 g/mol. The number of aryl methyl sites for hydroxylation is 4. The second-order valence-corrected chi connectivity index (χ2v) is 10.9. The first kappa shape index (κ1) is 22.9. The Bertz CT molecular complexity index is 1620. The summed E-state index contributed by atoms with van der Waals surface area (Å²) < 4.78 is 2.50. The van der Waals surface area contributed by atoms with Crippen molar-refractivity contribution in [3.8, 4) is 11.1 Å². The van der Waals surface area contributed by atoms with Crippen molar-refractivity contribution >= 4 is 33.2 Å². The van der Waals surface area contributed by atoms with Gasteiger partial charge in [-0.1, -0.05) is 0 Å². The Morgan fingerprint density at radius 3 is 1.41 bits per heavy atom. The van der Waals surface area contributed by atoms with Crippen LogP contribution in [0.5, 0.6) is 0 Å². The molecule has 0 radical (unpaired) electrons. The molecule has 2 heteroatoms. The maximum atomic E-state index is 2.52. The molecule has 1 aliphatic heterocycles. The van der Waals surface area contributed by atoms with E-state index in [9.17, 15) is 0 Å². The van der Waals surface area contributed by atoms with Crippen molar-refractivity contribution < 1.29 is 4.57 Å². The highest BCUT2D eigenvalue weighted by molar-refractivity contribution is 6.20. The highest BCUT2D eigenvalue weighted by Gasteiger charge is 2.36. The number of hydrogen-bond donors (Lipinski definition) is 0. The minimum atomic E-state index is 1.37. The van der Waals surface area contributed by atoms with Gasteiger partial charge in [-0.2, -0.15) is 4.57 Å². The standard InChI is InChI=1S/C32H39N2/c1-14-16(3)22(9)29-26(20(14)7)25-19(6)18(5)24(11)31-28(25)32(34(29)13)27-21(8)15(2)17(4)23(10)30(27)33(31)12/h1-13H3/q+1. The lowest BCUT2D eigenvalue weighted by Crippen LogP contribution is -2.35. The molecule has 176 valence electrons. The average Bonchev–Trinajstić information content (AvgIpc) is 2.80. The fourth-order valence-corrected chi connectivity index (χ4v) is 6.81. The van der Waals surface area contributed by atoms with Crippen LogP contribution in [0.3, 0.4) is 0 Å². The van der Waals surface area contributed by atoms with Gasteiger partial charge in [0.25, 0.3) is 0 Å². The van der Waals surface area contributed by atoms with Gasteiger partial charge in [-0.3, -0.25) is 0 Å². The Hall–Kier alpha value is -2.87. The minimum absolute atomic E-state index is 1.37. The summed E-state index contributed by atoms with van der Waals surface area (Å²) in [6, 6.07) is 0. The molecule has 0 atom stereocenters. The van der Waals surface area contributed by atoms with Crippen molar-refractivity contribution in [2.24, 2.45) is 7.05 Å². The second-order valence-electron chi connectivity index (χ2n) is 10.9. The molecule has 0 amide bonds. The van der Waals surface area contributed by atoms with E-state index in [-0.39, 0.29) is 0 Å². The quantitative estimate of drug-likeness (QED) is 0.194. The number of nitrogens with zero attached hydrogens (tertiary/aromatic N) is 2. The third-order valence-electron chi connectivity index (χ3n) is 9.72. The van der Waals surface area contributed by atoms with E-state index in [1.54, 1.807) is 0 Å². The number of hydrogen-bond acceptors (Lipinski definition) is 1. The Morgan fingerprint density at radius 1 is 0.412 bits per heavy atom. The fourth-order valence-electron chi connectivity index (χ4n) is 6.81. The van der Waals surface area contributed by atoms with Crippen LogP contribution in [0.2, 0.25) is 0 Å². The molecule has 2 heterocycles. The number of pyridine rings is 1. The van der Waals surface area contributed by atoms with Gasteiger partial charge in [-0.05, 0) is 126 Å². The number of fused-ring (bicyclic) bond motifs is 4. The first-order valence-corrected chi connectivity index (χ1v) is 12.5. The first-order chi connectivity index (χ1) is 15.8. The van der Waals surface area contributed by atoms with Gasteiger partial charge < -0.3 is 4.90 Å². The molecule has 0 saturated heterocycles. The summed E-state index contributed by atoms with van der Waals surface area (Å²) in [6.45, 7) is 25.4. The molecule has 4 aromatic rings. The van der Waals surface area contributed by atoms with E-state index < -0.39 is 0 Å². The zero-order chi connectivity index (χ0) is 25.1. The van der Waals surface area contributed by atoms with Crippen LogP contribution < -0.4 is 9.47 Å². The topological polar surface area (TPSA) is 7.12 Å². The van der Waals surface area contributed by atoms with E-state index in [2.05, 4.69) is 99.7 Å². The van der Waals surface area contributed by atoms with Gasteiger partial charge >= 0.3 is 0 Å². The Morgan fingerprint density at radius 2 is 0.824 bits per heavy atom. The fraction of sp³-hybridized carbons (Fsp3) is 0.406. The van der Waals surface area contributed by atoms with Gasteiger partial charge in [0.15, 0.2) is 0 Å². The lowest BCUT2D eigenvalue weighted by molar-refractivity contribution is -0.618. The number of aromatic nitrogens is 1. The molecule has 5 rings (SSSR count). The van der Waals surface area contributed by atoms with Gasteiger partial charge in [-0.25, -0.2) is 0 Å². The normalized spacial score (nSPS) is 12.8. The predicted molar refractivity (Wildman–Crippen MR) is 148 cm³/mol. The number of rotatable bonds is 0. The molecule has 0 spiro atoms. The Kier molecular flexibility index (Phi) is 4.76. The minimum Gasteiger partial charge on any atom is -0.342 e. The Labute approximate surface area is 205 Å². The summed E-state index contributed by atoms with van der Waals surface area (Å²) in [5.74, 6) is 0. The molecule has 34 heavy (non-hydrogen) atoms. The van der Waals surface area contributed by atoms with Crippen LogP contribution in [0, 0.1) is 76.2 Å². The number of benzene rings is 3. The summed E-state index contributed by atoms with van der Waals surface area (Å²) in [5.41, 5.74) is 23.9. The van der Waals surface area contributed by atoms with Crippen molar-refractivity contribution in [1.82, 2.24) is 0 Å². The molecule has 1 aromatic heterocycles. The molecule has 1 aliphatic rings.